The van der Waals surface area contributed by atoms with Gasteiger partial charge in [-0.1, -0.05) is 12.1 Å². The fourth-order valence-corrected chi connectivity index (χ4v) is 2.91. The Hall–Kier alpha value is -3.22. The Morgan fingerprint density at radius 1 is 1.15 bits per heavy atom. The van der Waals surface area contributed by atoms with E-state index in [-0.39, 0.29) is 11.9 Å². The summed E-state index contributed by atoms with van der Waals surface area (Å²) in [5, 5.41) is 17.0. The quantitative estimate of drug-likeness (QED) is 0.716. The van der Waals surface area contributed by atoms with E-state index in [1.807, 2.05) is 20.8 Å². The lowest BCUT2D eigenvalue weighted by atomic mass is 10.0. The molecule has 0 spiro atoms. The van der Waals surface area contributed by atoms with Gasteiger partial charge in [-0.25, -0.2) is 9.67 Å². The van der Waals surface area contributed by atoms with Gasteiger partial charge in [0.2, 0.25) is 0 Å². The molecule has 1 amide bonds. The maximum atomic E-state index is 12.8. The molecule has 0 aliphatic carbocycles. The minimum Gasteiger partial charge on any atom is -0.481 e. The van der Waals surface area contributed by atoms with Crippen LogP contribution in [0.25, 0.3) is 11.0 Å². The van der Waals surface area contributed by atoms with E-state index in [1.165, 1.54) is 0 Å². The summed E-state index contributed by atoms with van der Waals surface area (Å²) in [7, 11) is 0. The van der Waals surface area contributed by atoms with Gasteiger partial charge in [0.25, 0.3) is 5.91 Å². The molecule has 2 aromatic heterocycles. The Morgan fingerprint density at radius 2 is 1.81 bits per heavy atom. The normalized spacial score (nSPS) is 12.3. The molecular weight excluding hydrogens is 344 g/mol. The monoisotopic (exact) mass is 366 g/mol. The summed E-state index contributed by atoms with van der Waals surface area (Å²) in [6, 6.07) is 8.70. The van der Waals surface area contributed by atoms with Gasteiger partial charge in [-0.3, -0.25) is 9.59 Å². The molecule has 0 aliphatic heterocycles. The molecule has 1 aromatic carbocycles. The van der Waals surface area contributed by atoms with Crippen LogP contribution in [0.1, 0.15) is 54.3 Å². The number of benzene rings is 1. The van der Waals surface area contributed by atoms with Crippen LogP contribution in [0.2, 0.25) is 0 Å². The first-order chi connectivity index (χ1) is 12.8. The van der Waals surface area contributed by atoms with Crippen molar-refractivity contribution in [2.45, 2.75) is 39.7 Å². The predicted octanol–water partition coefficient (Wildman–Crippen LogP) is 3.76. The molecule has 0 saturated heterocycles. The SMILES string of the molecule is Cc1cc(C(=O)Nc2ccc(C(C)C(=O)O)cc2)c2cnn(C(C)C)c2n1. The third kappa shape index (κ3) is 3.67. The lowest BCUT2D eigenvalue weighted by Gasteiger charge is -2.11. The third-order valence-corrected chi connectivity index (χ3v) is 4.47. The predicted molar refractivity (Wildman–Crippen MR) is 103 cm³/mol. The maximum absolute atomic E-state index is 12.8. The molecule has 0 fully saturated rings. The van der Waals surface area contributed by atoms with Crippen molar-refractivity contribution in [2.24, 2.45) is 0 Å². The Bertz CT molecular complexity index is 1010. The molecule has 7 heteroatoms. The van der Waals surface area contributed by atoms with Gasteiger partial charge in [0, 0.05) is 17.4 Å². The van der Waals surface area contributed by atoms with Crippen LogP contribution >= 0.6 is 0 Å². The highest BCUT2D eigenvalue weighted by Gasteiger charge is 2.18. The molecule has 140 valence electrons. The van der Waals surface area contributed by atoms with E-state index >= 15 is 0 Å². The molecule has 7 nitrogen and oxygen atoms in total. The fourth-order valence-electron chi connectivity index (χ4n) is 2.91. The average molecular weight is 366 g/mol. The lowest BCUT2D eigenvalue weighted by molar-refractivity contribution is -0.138. The van der Waals surface area contributed by atoms with Gasteiger partial charge in [-0.15, -0.1) is 0 Å². The van der Waals surface area contributed by atoms with E-state index in [0.29, 0.717) is 27.8 Å². The number of anilines is 1. The van der Waals surface area contributed by atoms with Crippen LogP contribution in [0, 0.1) is 6.92 Å². The van der Waals surface area contributed by atoms with Gasteiger partial charge in [0.15, 0.2) is 5.65 Å². The number of hydrogen-bond acceptors (Lipinski definition) is 4. The molecule has 2 heterocycles. The number of aromatic nitrogens is 3. The second kappa shape index (κ2) is 7.19. The fraction of sp³-hybridized carbons (Fsp3) is 0.300. The molecule has 3 rings (SSSR count). The minimum atomic E-state index is -0.886. The van der Waals surface area contributed by atoms with Crippen molar-refractivity contribution in [3.8, 4) is 0 Å². The molecule has 0 saturated carbocycles. The number of nitrogens with one attached hydrogen (secondary N) is 1. The highest BCUT2D eigenvalue weighted by atomic mass is 16.4. The third-order valence-electron chi connectivity index (χ3n) is 4.47. The Balaban J connectivity index is 1.89. The van der Waals surface area contributed by atoms with E-state index in [9.17, 15) is 9.59 Å². The number of carboxylic acids is 1. The second-order valence-corrected chi connectivity index (χ2v) is 6.87. The summed E-state index contributed by atoms with van der Waals surface area (Å²) < 4.78 is 1.79. The zero-order valence-electron chi connectivity index (χ0n) is 15.7. The first-order valence-corrected chi connectivity index (χ1v) is 8.77. The Labute approximate surface area is 157 Å². The summed E-state index contributed by atoms with van der Waals surface area (Å²) in [5.74, 6) is -1.74. The van der Waals surface area contributed by atoms with Crippen molar-refractivity contribution in [3.05, 3.63) is 53.3 Å². The molecule has 0 bridgehead atoms. The molecule has 27 heavy (non-hydrogen) atoms. The summed E-state index contributed by atoms with van der Waals surface area (Å²) >= 11 is 0. The smallest absolute Gasteiger partial charge is 0.310 e. The van der Waals surface area contributed by atoms with Crippen molar-refractivity contribution in [3.63, 3.8) is 0 Å². The first-order valence-electron chi connectivity index (χ1n) is 8.77. The molecule has 0 radical (unpaired) electrons. The Kier molecular flexibility index (Phi) is 4.94. The number of fused-ring (bicyclic) bond motifs is 1. The van der Waals surface area contributed by atoms with E-state index in [1.54, 1.807) is 48.1 Å². The van der Waals surface area contributed by atoms with Gasteiger partial charge in [-0.05, 0) is 51.5 Å². The molecule has 1 unspecified atom stereocenters. The molecule has 0 aliphatic rings. The highest BCUT2D eigenvalue weighted by molar-refractivity contribution is 6.12. The average Bonchev–Trinajstić information content (AvgIpc) is 3.04. The number of carbonyl (C=O) groups excluding carboxylic acids is 1. The number of pyridine rings is 1. The van der Waals surface area contributed by atoms with Gasteiger partial charge in [0.1, 0.15) is 0 Å². The standard InChI is InChI=1S/C20H22N4O3/c1-11(2)24-18-17(10-21-24)16(9-12(3)22-18)19(25)23-15-7-5-14(6-8-15)13(4)20(26)27/h5-11,13H,1-4H3,(H,23,25)(H,26,27). The molecular formula is C20H22N4O3. The highest BCUT2D eigenvalue weighted by Crippen LogP contribution is 2.23. The van der Waals surface area contributed by atoms with Gasteiger partial charge in [-0.2, -0.15) is 5.10 Å². The van der Waals surface area contributed by atoms with Crippen LogP contribution in [0.4, 0.5) is 5.69 Å². The van der Waals surface area contributed by atoms with Crippen LogP contribution in [-0.4, -0.2) is 31.7 Å². The summed E-state index contributed by atoms with van der Waals surface area (Å²) in [4.78, 5) is 28.4. The zero-order chi connectivity index (χ0) is 19.7. The number of aliphatic carboxylic acids is 1. The van der Waals surface area contributed by atoms with Gasteiger partial charge in [0.05, 0.1) is 23.1 Å². The first kappa shape index (κ1) is 18.6. The summed E-state index contributed by atoms with van der Waals surface area (Å²) in [6.07, 6.45) is 1.66. The van der Waals surface area contributed by atoms with E-state index in [2.05, 4.69) is 15.4 Å². The van der Waals surface area contributed by atoms with Crippen LogP contribution in [-0.2, 0) is 4.79 Å². The van der Waals surface area contributed by atoms with E-state index < -0.39 is 11.9 Å². The lowest BCUT2D eigenvalue weighted by Crippen LogP contribution is -2.14. The number of rotatable bonds is 5. The number of hydrogen-bond donors (Lipinski definition) is 2. The zero-order valence-corrected chi connectivity index (χ0v) is 15.7. The molecule has 1 atom stereocenters. The van der Waals surface area contributed by atoms with Crippen molar-refractivity contribution in [2.75, 3.05) is 5.32 Å². The summed E-state index contributed by atoms with van der Waals surface area (Å²) in [5.41, 5.74) is 3.20. The summed E-state index contributed by atoms with van der Waals surface area (Å²) in [6.45, 7) is 7.49. The van der Waals surface area contributed by atoms with Crippen molar-refractivity contribution in [1.82, 2.24) is 14.8 Å². The number of nitrogens with zero attached hydrogens (tertiary/aromatic N) is 3. The van der Waals surface area contributed by atoms with Crippen LogP contribution < -0.4 is 5.32 Å². The number of amides is 1. The van der Waals surface area contributed by atoms with Gasteiger partial charge >= 0.3 is 5.97 Å². The number of carbonyl (C=O) groups is 2. The topological polar surface area (TPSA) is 97.1 Å². The number of carboxylic acid groups (broad SMARTS) is 1. The van der Waals surface area contributed by atoms with Gasteiger partial charge < -0.3 is 10.4 Å². The Morgan fingerprint density at radius 3 is 2.41 bits per heavy atom. The van der Waals surface area contributed by atoms with Crippen LogP contribution in [0.15, 0.2) is 36.5 Å². The molecule has 2 N–H and O–H groups in total. The van der Waals surface area contributed by atoms with Crippen molar-refractivity contribution in [1.29, 1.82) is 0 Å². The van der Waals surface area contributed by atoms with Crippen LogP contribution in [0.3, 0.4) is 0 Å². The number of aryl methyl sites for hydroxylation is 1. The largest absolute Gasteiger partial charge is 0.481 e. The van der Waals surface area contributed by atoms with Crippen molar-refractivity contribution >= 4 is 28.6 Å². The molecule has 3 aromatic rings. The van der Waals surface area contributed by atoms with E-state index in [4.69, 9.17) is 5.11 Å². The van der Waals surface area contributed by atoms with E-state index in [0.717, 1.165) is 5.69 Å². The van der Waals surface area contributed by atoms with Crippen molar-refractivity contribution < 1.29 is 14.7 Å². The van der Waals surface area contributed by atoms with Crippen LogP contribution in [0.5, 0.6) is 0 Å². The minimum absolute atomic E-state index is 0.136. The second-order valence-electron chi connectivity index (χ2n) is 6.87. The maximum Gasteiger partial charge on any atom is 0.310 e.